The van der Waals surface area contributed by atoms with E-state index >= 15 is 0 Å². The van der Waals surface area contributed by atoms with Crippen LogP contribution in [0.15, 0.2) is 24.3 Å². The maximum absolute atomic E-state index is 10.6. The molecule has 2 rings (SSSR count). The Morgan fingerprint density at radius 3 is 3.05 bits per heavy atom. The molecule has 0 radical (unpaired) electrons. The van der Waals surface area contributed by atoms with Crippen LogP contribution in [-0.2, 0) is 4.74 Å². The molecule has 0 aromatic heterocycles. The molecule has 1 saturated heterocycles. The average Bonchev–Trinajstić information content (AvgIpc) is 2.92. The molecule has 20 heavy (non-hydrogen) atoms. The van der Waals surface area contributed by atoms with E-state index < -0.39 is 4.92 Å². The fourth-order valence-electron chi connectivity index (χ4n) is 2.00. The molecule has 1 aromatic carbocycles. The first-order chi connectivity index (χ1) is 9.25. The van der Waals surface area contributed by atoms with Crippen molar-refractivity contribution in [3.05, 3.63) is 34.4 Å². The number of nitro groups is 1. The Morgan fingerprint density at radius 1 is 1.50 bits per heavy atom. The maximum Gasteiger partial charge on any atom is 0.273 e. The Hall–Kier alpha value is -1.37. The van der Waals surface area contributed by atoms with Crippen molar-refractivity contribution in [2.75, 3.05) is 26.3 Å². The topological polar surface area (TPSA) is 73.6 Å². The summed E-state index contributed by atoms with van der Waals surface area (Å²) >= 11 is 0. The lowest BCUT2D eigenvalue weighted by Gasteiger charge is -2.11. The molecule has 0 spiro atoms. The van der Waals surface area contributed by atoms with Crippen LogP contribution in [0.1, 0.15) is 12.8 Å². The van der Waals surface area contributed by atoms with Gasteiger partial charge in [0.2, 0.25) is 0 Å². The highest BCUT2D eigenvalue weighted by Gasteiger charge is 2.14. The standard InChI is InChI=1S/C13H18N2O4.ClH/c16-15(17)11-3-1-4-12(9-11)19-8-6-14-10-13-5-2-7-18-13;/h1,3-4,9,13-14H,2,5-8,10H2;1H. The van der Waals surface area contributed by atoms with Crippen molar-refractivity contribution in [1.82, 2.24) is 5.32 Å². The van der Waals surface area contributed by atoms with Crippen molar-refractivity contribution >= 4 is 18.1 Å². The zero-order valence-electron chi connectivity index (χ0n) is 11.1. The number of halogens is 1. The number of non-ortho nitro benzene ring substituents is 1. The number of nitrogens with zero attached hydrogens (tertiary/aromatic N) is 1. The van der Waals surface area contributed by atoms with E-state index in [0.717, 1.165) is 26.0 Å². The maximum atomic E-state index is 10.6. The molecule has 1 atom stereocenters. The van der Waals surface area contributed by atoms with E-state index in [9.17, 15) is 10.1 Å². The van der Waals surface area contributed by atoms with E-state index in [-0.39, 0.29) is 18.1 Å². The van der Waals surface area contributed by atoms with Crippen molar-refractivity contribution in [2.45, 2.75) is 18.9 Å². The van der Waals surface area contributed by atoms with Gasteiger partial charge >= 0.3 is 0 Å². The normalized spacial score (nSPS) is 17.5. The van der Waals surface area contributed by atoms with Gasteiger partial charge < -0.3 is 14.8 Å². The van der Waals surface area contributed by atoms with Crippen LogP contribution in [0.4, 0.5) is 5.69 Å². The van der Waals surface area contributed by atoms with Crippen molar-refractivity contribution < 1.29 is 14.4 Å². The SMILES string of the molecule is Cl.O=[N+]([O-])c1cccc(OCCNCC2CCCO2)c1. The van der Waals surface area contributed by atoms with Crippen LogP contribution >= 0.6 is 12.4 Å². The minimum absolute atomic E-state index is 0. The van der Waals surface area contributed by atoms with Crippen LogP contribution in [0, 0.1) is 10.1 Å². The third-order valence-corrected chi connectivity index (χ3v) is 2.97. The number of rotatable bonds is 7. The number of nitrogens with one attached hydrogen (secondary N) is 1. The molecule has 1 unspecified atom stereocenters. The van der Waals surface area contributed by atoms with Gasteiger partial charge in [-0.2, -0.15) is 0 Å². The molecule has 112 valence electrons. The molecular weight excluding hydrogens is 284 g/mol. The lowest BCUT2D eigenvalue weighted by molar-refractivity contribution is -0.384. The molecule has 6 nitrogen and oxygen atoms in total. The zero-order valence-corrected chi connectivity index (χ0v) is 11.9. The van der Waals surface area contributed by atoms with E-state index in [1.165, 1.54) is 12.1 Å². The zero-order chi connectivity index (χ0) is 13.5. The molecule has 1 aliphatic heterocycles. The molecule has 0 bridgehead atoms. The number of hydrogen-bond donors (Lipinski definition) is 1. The quantitative estimate of drug-likeness (QED) is 0.475. The van der Waals surface area contributed by atoms with Crippen LogP contribution in [0.3, 0.4) is 0 Å². The highest BCUT2D eigenvalue weighted by Crippen LogP contribution is 2.18. The summed E-state index contributed by atoms with van der Waals surface area (Å²) in [4.78, 5) is 10.2. The first-order valence-corrected chi connectivity index (χ1v) is 6.45. The van der Waals surface area contributed by atoms with Gasteiger partial charge in [-0.05, 0) is 18.9 Å². The Balaban J connectivity index is 0.00000200. The highest BCUT2D eigenvalue weighted by molar-refractivity contribution is 5.85. The fraction of sp³-hybridized carbons (Fsp3) is 0.538. The summed E-state index contributed by atoms with van der Waals surface area (Å²) in [5, 5.41) is 13.9. The van der Waals surface area contributed by atoms with E-state index in [2.05, 4.69) is 5.32 Å². The van der Waals surface area contributed by atoms with E-state index in [1.807, 2.05) is 0 Å². The smallest absolute Gasteiger partial charge is 0.273 e. The van der Waals surface area contributed by atoms with Crippen LogP contribution in [-0.4, -0.2) is 37.3 Å². The summed E-state index contributed by atoms with van der Waals surface area (Å²) in [5.41, 5.74) is 0.0461. The second kappa shape index (κ2) is 8.73. The molecule has 1 N–H and O–H groups in total. The van der Waals surface area contributed by atoms with Gasteiger partial charge in [0, 0.05) is 25.8 Å². The molecule has 1 heterocycles. The summed E-state index contributed by atoms with van der Waals surface area (Å²) in [6.45, 7) is 2.87. The largest absolute Gasteiger partial charge is 0.492 e. The Bertz CT molecular complexity index is 425. The van der Waals surface area contributed by atoms with Crippen LogP contribution in [0.25, 0.3) is 0 Å². The number of ether oxygens (including phenoxy) is 2. The Kier molecular flexibility index (Phi) is 7.28. The minimum atomic E-state index is -0.428. The van der Waals surface area contributed by atoms with E-state index in [4.69, 9.17) is 9.47 Å². The summed E-state index contributed by atoms with van der Waals surface area (Å²) in [6, 6.07) is 6.21. The van der Waals surface area contributed by atoms with Crippen molar-refractivity contribution in [3.8, 4) is 5.75 Å². The number of hydrogen-bond acceptors (Lipinski definition) is 5. The first kappa shape index (κ1) is 16.7. The molecule has 7 heteroatoms. The monoisotopic (exact) mass is 302 g/mol. The second-order valence-electron chi connectivity index (χ2n) is 4.44. The van der Waals surface area contributed by atoms with Gasteiger partial charge in [0.05, 0.1) is 17.1 Å². The van der Waals surface area contributed by atoms with Gasteiger partial charge in [0.1, 0.15) is 12.4 Å². The highest BCUT2D eigenvalue weighted by atomic mass is 35.5. The van der Waals surface area contributed by atoms with Crippen molar-refractivity contribution in [2.24, 2.45) is 0 Å². The van der Waals surface area contributed by atoms with Crippen LogP contribution in [0.5, 0.6) is 5.75 Å². The third kappa shape index (κ3) is 5.32. The fourth-order valence-corrected chi connectivity index (χ4v) is 2.00. The Labute approximate surface area is 124 Å². The summed E-state index contributed by atoms with van der Waals surface area (Å²) in [7, 11) is 0. The molecule has 1 fully saturated rings. The molecule has 1 aromatic rings. The minimum Gasteiger partial charge on any atom is -0.492 e. The van der Waals surface area contributed by atoms with Crippen molar-refractivity contribution in [1.29, 1.82) is 0 Å². The summed E-state index contributed by atoms with van der Waals surface area (Å²) < 4.78 is 10.9. The average molecular weight is 303 g/mol. The van der Waals surface area contributed by atoms with Crippen LogP contribution < -0.4 is 10.1 Å². The van der Waals surface area contributed by atoms with Crippen LogP contribution in [0.2, 0.25) is 0 Å². The Morgan fingerprint density at radius 2 is 2.35 bits per heavy atom. The molecule has 0 aliphatic carbocycles. The molecule has 1 aliphatic rings. The van der Waals surface area contributed by atoms with Gasteiger partial charge in [0.15, 0.2) is 0 Å². The van der Waals surface area contributed by atoms with E-state index in [1.54, 1.807) is 12.1 Å². The van der Waals surface area contributed by atoms with Gasteiger partial charge in [0.25, 0.3) is 5.69 Å². The predicted molar refractivity (Wildman–Crippen MR) is 77.7 cm³/mol. The summed E-state index contributed by atoms with van der Waals surface area (Å²) in [5.74, 6) is 0.521. The van der Waals surface area contributed by atoms with Gasteiger partial charge in [-0.3, -0.25) is 10.1 Å². The lowest BCUT2D eigenvalue weighted by Crippen LogP contribution is -2.29. The lowest BCUT2D eigenvalue weighted by atomic mass is 10.2. The predicted octanol–water partition coefficient (Wildman–Crippen LogP) is 2.16. The number of nitro benzene ring substituents is 1. The molecule has 0 saturated carbocycles. The van der Waals surface area contributed by atoms with Gasteiger partial charge in [-0.1, -0.05) is 6.07 Å². The second-order valence-corrected chi connectivity index (χ2v) is 4.44. The molecule has 0 amide bonds. The number of benzene rings is 1. The molecular formula is C13H19ClN2O4. The van der Waals surface area contributed by atoms with Crippen molar-refractivity contribution in [3.63, 3.8) is 0 Å². The third-order valence-electron chi connectivity index (χ3n) is 2.97. The van der Waals surface area contributed by atoms with Gasteiger partial charge in [-0.15, -0.1) is 12.4 Å². The summed E-state index contributed by atoms with van der Waals surface area (Å²) in [6.07, 6.45) is 2.56. The van der Waals surface area contributed by atoms with Gasteiger partial charge in [-0.25, -0.2) is 0 Å². The first-order valence-electron chi connectivity index (χ1n) is 6.45. The van der Waals surface area contributed by atoms with E-state index in [0.29, 0.717) is 25.0 Å².